The molecule has 7 heteroatoms. The van der Waals surface area contributed by atoms with E-state index in [9.17, 15) is 13.6 Å². The fourth-order valence-electron chi connectivity index (χ4n) is 1.85. The Bertz CT molecular complexity index is 605. The molecule has 0 aliphatic carbocycles. The molecule has 1 aromatic carbocycles. The van der Waals surface area contributed by atoms with Crippen LogP contribution >= 0.6 is 0 Å². The van der Waals surface area contributed by atoms with Crippen molar-refractivity contribution >= 4 is 5.97 Å². The topological polar surface area (TPSA) is 68.0 Å². The van der Waals surface area contributed by atoms with Crippen LogP contribution in [0.2, 0.25) is 0 Å². The zero-order valence-corrected chi connectivity index (χ0v) is 10.1. The van der Waals surface area contributed by atoms with Gasteiger partial charge in [0.1, 0.15) is 11.6 Å². The Labute approximate surface area is 107 Å². The Morgan fingerprint density at radius 1 is 1.32 bits per heavy atom. The minimum atomic E-state index is -1.17. The lowest BCUT2D eigenvalue weighted by Crippen LogP contribution is -2.09. The molecule has 0 spiro atoms. The summed E-state index contributed by atoms with van der Waals surface area (Å²) in [5.41, 5.74) is 0.630. The molecule has 0 aliphatic heterocycles. The van der Waals surface area contributed by atoms with Crippen molar-refractivity contribution < 1.29 is 18.7 Å². The maximum atomic E-state index is 13.1. The number of aromatic nitrogens is 3. The van der Waals surface area contributed by atoms with Crippen molar-refractivity contribution in [3.05, 3.63) is 46.8 Å². The van der Waals surface area contributed by atoms with E-state index in [1.54, 1.807) is 6.92 Å². The standard InChI is InChI=1S/C12H11F2N3O2/c1-2-10-11(12(18)19)15-16-17(10)6-7-3-8(13)5-9(14)4-7/h3-5H,2,6H2,1H3,(H,18,19). The molecule has 5 nitrogen and oxygen atoms in total. The number of halogens is 2. The number of hydrogen-bond acceptors (Lipinski definition) is 3. The minimum Gasteiger partial charge on any atom is -0.476 e. The van der Waals surface area contributed by atoms with Gasteiger partial charge in [0.2, 0.25) is 0 Å². The molecular formula is C12H11F2N3O2. The molecule has 0 radical (unpaired) electrons. The first-order chi connectivity index (χ1) is 9.01. The van der Waals surface area contributed by atoms with E-state index in [-0.39, 0.29) is 12.2 Å². The Morgan fingerprint density at radius 3 is 2.47 bits per heavy atom. The van der Waals surface area contributed by atoms with Crippen molar-refractivity contribution in [1.82, 2.24) is 15.0 Å². The lowest BCUT2D eigenvalue weighted by molar-refractivity contribution is 0.0689. The molecule has 0 amide bonds. The van der Waals surface area contributed by atoms with Crippen molar-refractivity contribution in [1.29, 1.82) is 0 Å². The average molecular weight is 267 g/mol. The van der Waals surface area contributed by atoms with Crippen molar-refractivity contribution in [2.24, 2.45) is 0 Å². The van der Waals surface area contributed by atoms with Crippen LogP contribution in [0.1, 0.15) is 28.7 Å². The van der Waals surface area contributed by atoms with Crippen LogP contribution in [-0.2, 0) is 13.0 Å². The van der Waals surface area contributed by atoms with Crippen LogP contribution in [0.5, 0.6) is 0 Å². The van der Waals surface area contributed by atoms with Gasteiger partial charge < -0.3 is 5.11 Å². The number of nitrogens with zero attached hydrogens (tertiary/aromatic N) is 3. The van der Waals surface area contributed by atoms with Gasteiger partial charge in [0, 0.05) is 6.07 Å². The normalized spacial score (nSPS) is 10.7. The first-order valence-corrected chi connectivity index (χ1v) is 5.62. The van der Waals surface area contributed by atoms with Crippen molar-refractivity contribution in [3.8, 4) is 0 Å². The monoisotopic (exact) mass is 267 g/mol. The Morgan fingerprint density at radius 2 is 1.95 bits per heavy atom. The van der Waals surface area contributed by atoms with Gasteiger partial charge in [-0.25, -0.2) is 18.3 Å². The third-order valence-corrected chi connectivity index (χ3v) is 2.63. The summed E-state index contributed by atoms with van der Waals surface area (Å²) in [7, 11) is 0. The van der Waals surface area contributed by atoms with E-state index in [4.69, 9.17) is 5.11 Å². The van der Waals surface area contributed by atoms with Crippen LogP contribution in [0, 0.1) is 11.6 Å². The predicted molar refractivity (Wildman–Crippen MR) is 61.8 cm³/mol. The Hall–Kier alpha value is -2.31. The van der Waals surface area contributed by atoms with Gasteiger partial charge >= 0.3 is 5.97 Å². The van der Waals surface area contributed by atoms with Gasteiger partial charge in [0.15, 0.2) is 5.69 Å². The van der Waals surface area contributed by atoms with E-state index in [0.717, 1.165) is 6.07 Å². The largest absolute Gasteiger partial charge is 0.476 e. The summed E-state index contributed by atoms with van der Waals surface area (Å²) in [6, 6.07) is 3.11. The second-order valence-electron chi connectivity index (χ2n) is 3.98. The maximum absolute atomic E-state index is 13.1. The lowest BCUT2D eigenvalue weighted by atomic mass is 10.2. The highest BCUT2D eigenvalue weighted by molar-refractivity contribution is 5.86. The number of carbonyl (C=O) groups is 1. The second kappa shape index (κ2) is 5.13. The molecule has 1 aromatic heterocycles. The van der Waals surface area contributed by atoms with E-state index >= 15 is 0 Å². The molecule has 0 bridgehead atoms. The molecule has 0 unspecified atom stereocenters. The number of benzene rings is 1. The molecule has 1 heterocycles. The van der Waals surface area contributed by atoms with Gasteiger partial charge in [-0.2, -0.15) is 0 Å². The molecule has 0 saturated heterocycles. The summed E-state index contributed by atoms with van der Waals surface area (Å²) in [5.74, 6) is -2.55. The fourth-order valence-corrected chi connectivity index (χ4v) is 1.85. The van der Waals surface area contributed by atoms with E-state index in [0.29, 0.717) is 17.7 Å². The minimum absolute atomic E-state index is 0.0676. The van der Waals surface area contributed by atoms with Gasteiger partial charge in [0.05, 0.1) is 12.2 Å². The number of hydrogen-bond donors (Lipinski definition) is 1. The lowest BCUT2D eigenvalue weighted by Gasteiger charge is -2.05. The first kappa shape index (κ1) is 13.1. The van der Waals surface area contributed by atoms with Gasteiger partial charge in [0.25, 0.3) is 0 Å². The third-order valence-electron chi connectivity index (χ3n) is 2.63. The molecule has 0 fully saturated rings. The summed E-state index contributed by atoms with van der Waals surface area (Å²) in [5, 5.41) is 16.2. The summed E-state index contributed by atoms with van der Waals surface area (Å²) < 4.78 is 27.5. The zero-order chi connectivity index (χ0) is 14.0. The van der Waals surface area contributed by atoms with Crippen LogP contribution < -0.4 is 0 Å². The summed E-state index contributed by atoms with van der Waals surface area (Å²) in [4.78, 5) is 10.9. The SMILES string of the molecule is CCc1c(C(=O)O)nnn1Cc1cc(F)cc(F)c1. The van der Waals surface area contributed by atoms with Crippen molar-refractivity contribution in [2.75, 3.05) is 0 Å². The molecule has 1 N–H and O–H groups in total. The summed E-state index contributed by atoms with van der Waals surface area (Å²) >= 11 is 0. The van der Waals surface area contributed by atoms with Crippen LogP contribution in [0.3, 0.4) is 0 Å². The molecule has 0 saturated carbocycles. The van der Waals surface area contributed by atoms with E-state index < -0.39 is 17.6 Å². The average Bonchev–Trinajstić information content (AvgIpc) is 2.70. The van der Waals surface area contributed by atoms with Crippen LogP contribution in [0.25, 0.3) is 0 Å². The highest BCUT2D eigenvalue weighted by Gasteiger charge is 2.17. The summed E-state index contributed by atoms with van der Waals surface area (Å²) in [6.07, 6.45) is 0.409. The van der Waals surface area contributed by atoms with E-state index in [2.05, 4.69) is 10.3 Å². The van der Waals surface area contributed by atoms with Gasteiger partial charge in [-0.3, -0.25) is 0 Å². The van der Waals surface area contributed by atoms with Crippen LogP contribution in [0.4, 0.5) is 8.78 Å². The Balaban J connectivity index is 2.35. The highest BCUT2D eigenvalue weighted by atomic mass is 19.1. The highest BCUT2D eigenvalue weighted by Crippen LogP contribution is 2.12. The zero-order valence-electron chi connectivity index (χ0n) is 10.1. The van der Waals surface area contributed by atoms with Crippen LogP contribution in [-0.4, -0.2) is 26.1 Å². The maximum Gasteiger partial charge on any atom is 0.358 e. The molecule has 19 heavy (non-hydrogen) atoms. The molecule has 0 aliphatic rings. The van der Waals surface area contributed by atoms with Gasteiger partial charge in [-0.15, -0.1) is 5.10 Å². The predicted octanol–water partition coefficient (Wildman–Crippen LogP) is 1.87. The quantitative estimate of drug-likeness (QED) is 0.918. The molecule has 100 valence electrons. The Kier molecular flexibility index (Phi) is 3.55. The van der Waals surface area contributed by atoms with E-state index in [1.807, 2.05) is 0 Å². The number of carboxylic acids is 1. The number of carboxylic acid groups (broad SMARTS) is 1. The van der Waals surface area contributed by atoms with Crippen LogP contribution in [0.15, 0.2) is 18.2 Å². The number of rotatable bonds is 4. The van der Waals surface area contributed by atoms with E-state index in [1.165, 1.54) is 16.8 Å². The number of aromatic carboxylic acids is 1. The van der Waals surface area contributed by atoms with Gasteiger partial charge in [-0.05, 0) is 24.1 Å². The molecule has 2 aromatic rings. The molecule has 2 rings (SSSR count). The second-order valence-corrected chi connectivity index (χ2v) is 3.98. The molecule has 0 atom stereocenters. The van der Waals surface area contributed by atoms with Gasteiger partial charge in [-0.1, -0.05) is 12.1 Å². The summed E-state index contributed by atoms with van der Waals surface area (Å²) in [6.45, 7) is 1.83. The van der Waals surface area contributed by atoms with Crippen molar-refractivity contribution in [2.45, 2.75) is 19.9 Å². The molecular weight excluding hydrogens is 256 g/mol. The van der Waals surface area contributed by atoms with Crippen molar-refractivity contribution in [3.63, 3.8) is 0 Å². The first-order valence-electron chi connectivity index (χ1n) is 5.62. The third kappa shape index (κ3) is 2.75. The fraction of sp³-hybridized carbons (Fsp3) is 0.250. The smallest absolute Gasteiger partial charge is 0.358 e.